The van der Waals surface area contributed by atoms with Gasteiger partial charge in [0, 0.05) is 26.7 Å². The highest BCUT2D eigenvalue weighted by Crippen LogP contribution is 2.35. The van der Waals surface area contributed by atoms with Crippen molar-refractivity contribution in [2.24, 2.45) is 0 Å². The number of nitrogen functional groups attached to an aromatic ring is 1. The van der Waals surface area contributed by atoms with E-state index in [1.54, 1.807) is 0 Å². The number of nitrogens with zero attached hydrogens (tertiary/aromatic N) is 1. The molecule has 0 aromatic carbocycles. The summed E-state index contributed by atoms with van der Waals surface area (Å²) in [6, 6.07) is 2.03. The average molecular weight is 267 g/mol. The van der Waals surface area contributed by atoms with Gasteiger partial charge in [0.2, 0.25) is 0 Å². The molecule has 0 aliphatic heterocycles. The van der Waals surface area contributed by atoms with Gasteiger partial charge in [-0.1, -0.05) is 0 Å². The molecule has 6 heteroatoms. The summed E-state index contributed by atoms with van der Waals surface area (Å²) in [6.07, 6.45) is 0.839. The molecule has 0 aliphatic carbocycles. The monoisotopic (exact) mass is 267 g/mol. The molecule has 18 heavy (non-hydrogen) atoms. The lowest BCUT2D eigenvalue weighted by atomic mass is 10.2. The second-order valence-electron chi connectivity index (χ2n) is 3.69. The van der Waals surface area contributed by atoms with Crippen LogP contribution in [0.4, 0.5) is 10.7 Å². The summed E-state index contributed by atoms with van der Waals surface area (Å²) >= 11 is 1.23. The highest BCUT2D eigenvalue weighted by molar-refractivity contribution is 7.18. The first-order chi connectivity index (χ1) is 8.61. The van der Waals surface area contributed by atoms with E-state index in [4.69, 9.17) is 15.7 Å². The number of hydrogen-bond acceptors (Lipinski definition) is 6. The van der Waals surface area contributed by atoms with Gasteiger partial charge in [-0.05, 0) is 13.3 Å². The second kappa shape index (κ2) is 6.99. The first-order valence-electron chi connectivity index (χ1n) is 5.76. The summed E-state index contributed by atoms with van der Waals surface area (Å²) in [4.78, 5) is 11.8. The van der Waals surface area contributed by atoms with Gasteiger partial charge in [0.1, 0.15) is 16.6 Å². The number of ketones is 1. The molecular formula is C12H17N3O2S. The summed E-state index contributed by atoms with van der Waals surface area (Å²) in [5, 5.41) is 12.8. The molecule has 1 aromatic heterocycles. The van der Waals surface area contributed by atoms with E-state index in [2.05, 4.69) is 5.32 Å². The van der Waals surface area contributed by atoms with Crippen molar-refractivity contribution in [1.82, 2.24) is 0 Å². The Morgan fingerprint density at radius 3 is 2.89 bits per heavy atom. The molecule has 0 bridgehead atoms. The van der Waals surface area contributed by atoms with Crippen molar-refractivity contribution in [2.75, 3.05) is 30.8 Å². The number of thiophene rings is 1. The molecule has 0 radical (unpaired) electrons. The maximum Gasteiger partial charge on any atom is 0.171 e. The number of nitrogens with one attached hydrogen (secondary N) is 1. The molecule has 1 heterocycles. The molecule has 0 unspecified atom stereocenters. The molecule has 0 spiro atoms. The van der Waals surface area contributed by atoms with Crippen LogP contribution in [0.5, 0.6) is 0 Å². The molecule has 0 amide bonds. The van der Waals surface area contributed by atoms with Crippen LogP contribution in [0, 0.1) is 11.3 Å². The van der Waals surface area contributed by atoms with Gasteiger partial charge in [0.25, 0.3) is 0 Å². The van der Waals surface area contributed by atoms with Crippen molar-refractivity contribution >= 4 is 27.8 Å². The molecule has 5 nitrogen and oxygen atoms in total. The van der Waals surface area contributed by atoms with Crippen LogP contribution in [0.2, 0.25) is 0 Å². The Morgan fingerprint density at radius 2 is 2.33 bits per heavy atom. The van der Waals surface area contributed by atoms with Crippen molar-refractivity contribution in [3.05, 3.63) is 10.4 Å². The first kappa shape index (κ1) is 14.5. The number of ether oxygens (including phenoxy) is 1. The van der Waals surface area contributed by atoms with E-state index < -0.39 is 0 Å². The van der Waals surface area contributed by atoms with Crippen molar-refractivity contribution in [2.45, 2.75) is 20.3 Å². The van der Waals surface area contributed by atoms with Crippen LogP contribution in [-0.2, 0) is 4.74 Å². The number of anilines is 2. The highest BCUT2D eigenvalue weighted by atomic mass is 32.1. The smallest absolute Gasteiger partial charge is 0.171 e. The van der Waals surface area contributed by atoms with Crippen LogP contribution >= 0.6 is 11.3 Å². The van der Waals surface area contributed by atoms with E-state index in [-0.39, 0.29) is 11.5 Å². The first-order valence-corrected chi connectivity index (χ1v) is 6.58. The lowest BCUT2D eigenvalue weighted by Gasteiger charge is -2.04. The number of carbonyl (C=O) groups is 1. The zero-order chi connectivity index (χ0) is 13.5. The fraction of sp³-hybridized carbons (Fsp3) is 0.500. The molecule has 0 aliphatic rings. The second-order valence-corrected chi connectivity index (χ2v) is 4.71. The van der Waals surface area contributed by atoms with E-state index in [0.29, 0.717) is 35.2 Å². The molecule has 0 fully saturated rings. The van der Waals surface area contributed by atoms with Crippen LogP contribution < -0.4 is 11.1 Å². The van der Waals surface area contributed by atoms with E-state index in [1.165, 1.54) is 18.3 Å². The Bertz CT molecular complexity index is 463. The molecule has 1 aromatic rings. The number of carbonyl (C=O) groups excluding carboxylic acids is 1. The number of nitriles is 1. The zero-order valence-electron chi connectivity index (χ0n) is 10.6. The van der Waals surface area contributed by atoms with Crippen molar-refractivity contribution in [1.29, 1.82) is 5.26 Å². The standard InChI is InChI=1S/C12H17N3O2S/c1-3-17-6-4-5-15-12-9(7-13)10(14)11(18-12)8(2)16/h15H,3-6,14H2,1-2H3. The minimum absolute atomic E-state index is 0.114. The third-order valence-electron chi connectivity index (χ3n) is 2.33. The maximum absolute atomic E-state index is 11.3. The fourth-order valence-electron chi connectivity index (χ4n) is 1.46. The molecular weight excluding hydrogens is 250 g/mol. The Kier molecular flexibility index (Phi) is 5.62. The highest BCUT2D eigenvalue weighted by Gasteiger charge is 2.18. The Labute approximate surface area is 111 Å². The normalized spacial score (nSPS) is 10.1. The van der Waals surface area contributed by atoms with Crippen LogP contribution in [-0.4, -0.2) is 25.5 Å². The van der Waals surface area contributed by atoms with Crippen LogP contribution in [0.3, 0.4) is 0 Å². The predicted molar refractivity (Wildman–Crippen MR) is 73.1 cm³/mol. The van der Waals surface area contributed by atoms with Gasteiger partial charge in [-0.15, -0.1) is 11.3 Å². The van der Waals surface area contributed by atoms with Gasteiger partial charge in [-0.2, -0.15) is 5.26 Å². The Balaban J connectivity index is 2.68. The fourth-order valence-corrected chi connectivity index (χ4v) is 2.45. The molecule has 0 saturated heterocycles. The number of nitrogens with two attached hydrogens (primary N) is 1. The largest absolute Gasteiger partial charge is 0.396 e. The van der Waals surface area contributed by atoms with Crippen LogP contribution in [0.15, 0.2) is 0 Å². The molecule has 1 rings (SSSR count). The van der Waals surface area contributed by atoms with E-state index >= 15 is 0 Å². The number of rotatable bonds is 7. The molecule has 0 saturated carbocycles. The van der Waals surface area contributed by atoms with Gasteiger partial charge >= 0.3 is 0 Å². The van der Waals surface area contributed by atoms with E-state index in [0.717, 1.165) is 6.42 Å². The van der Waals surface area contributed by atoms with Crippen molar-refractivity contribution in [3.8, 4) is 6.07 Å². The number of Topliss-reactive ketones (excluding diaryl/α,β-unsaturated/α-hetero) is 1. The van der Waals surface area contributed by atoms with Crippen LogP contribution in [0.25, 0.3) is 0 Å². The lowest BCUT2D eigenvalue weighted by Crippen LogP contribution is -2.05. The minimum atomic E-state index is -0.114. The summed E-state index contributed by atoms with van der Waals surface area (Å²) in [5.74, 6) is -0.114. The third kappa shape index (κ3) is 3.45. The zero-order valence-corrected chi connectivity index (χ0v) is 11.4. The van der Waals surface area contributed by atoms with Gasteiger partial charge in [0.05, 0.1) is 10.6 Å². The van der Waals surface area contributed by atoms with Gasteiger partial charge in [0.15, 0.2) is 5.78 Å². The predicted octanol–water partition coefficient (Wildman–Crippen LogP) is 2.24. The third-order valence-corrected chi connectivity index (χ3v) is 3.60. The molecule has 98 valence electrons. The topological polar surface area (TPSA) is 88.1 Å². The maximum atomic E-state index is 11.3. The molecule has 3 N–H and O–H groups in total. The summed E-state index contributed by atoms with van der Waals surface area (Å²) < 4.78 is 5.21. The summed E-state index contributed by atoms with van der Waals surface area (Å²) in [5.41, 5.74) is 6.41. The van der Waals surface area contributed by atoms with Crippen molar-refractivity contribution in [3.63, 3.8) is 0 Å². The minimum Gasteiger partial charge on any atom is -0.396 e. The van der Waals surface area contributed by atoms with Gasteiger partial charge in [-0.25, -0.2) is 0 Å². The van der Waals surface area contributed by atoms with Crippen LogP contribution in [0.1, 0.15) is 35.5 Å². The summed E-state index contributed by atoms with van der Waals surface area (Å²) in [6.45, 7) is 5.45. The Morgan fingerprint density at radius 1 is 1.61 bits per heavy atom. The quantitative estimate of drug-likeness (QED) is 0.584. The van der Waals surface area contributed by atoms with Gasteiger partial charge in [-0.3, -0.25) is 4.79 Å². The average Bonchev–Trinajstić information content (AvgIpc) is 2.65. The lowest BCUT2D eigenvalue weighted by molar-refractivity contribution is 0.102. The van der Waals surface area contributed by atoms with Crippen molar-refractivity contribution < 1.29 is 9.53 Å². The summed E-state index contributed by atoms with van der Waals surface area (Å²) in [7, 11) is 0. The SMILES string of the molecule is CCOCCCNc1sc(C(C)=O)c(N)c1C#N. The Hall–Kier alpha value is -1.58. The number of hydrogen-bond donors (Lipinski definition) is 2. The molecule has 0 atom stereocenters. The van der Waals surface area contributed by atoms with Gasteiger partial charge < -0.3 is 15.8 Å². The van der Waals surface area contributed by atoms with E-state index in [9.17, 15) is 4.79 Å². The van der Waals surface area contributed by atoms with E-state index in [1.807, 2.05) is 13.0 Å².